The zero-order valence-electron chi connectivity index (χ0n) is 18.6. The van der Waals surface area contributed by atoms with Gasteiger partial charge in [0.25, 0.3) is 0 Å². The van der Waals surface area contributed by atoms with Crippen LogP contribution >= 0.6 is 18.6 Å². The van der Waals surface area contributed by atoms with Crippen LogP contribution in [0.4, 0.5) is 0 Å². The average Bonchev–Trinajstić information content (AvgIpc) is 3.36. The highest BCUT2D eigenvalue weighted by Gasteiger charge is 2.49. The Morgan fingerprint density at radius 2 is 0.941 bits per heavy atom. The summed E-state index contributed by atoms with van der Waals surface area (Å²) < 4.78 is 1.22. The first-order chi connectivity index (χ1) is 16.9. The van der Waals surface area contributed by atoms with Crippen molar-refractivity contribution < 1.29 is 0 Å². The lowest BCUT2D eigenvalue weighted by molar-refractivity contribution is 1.48. The molecule has 0 N–H and O–H groups in total. The Kier molecular flexibility index (Phi) is 5.55. The highest BCUT2D eigenvalue weighted by atomic mass is 32.1. The zero-order valence-corrected chi connectivity index (χ0v) is 20.3. The van der Waals surface area contributed by atoms with Crippen LogP contribution in [0, 0.1) is 0 Å². The van der Waals surface area contributed by atoms with Crippen molar-refractivity contribution in [3.8, 4) is 10.6 Å². The fraction of sp³-hybridized carbons (Fsp3) is 0. The molecule has 1 nitrogen and oxygen atoms in total. The average molecular weight is 473 g/mol. The third-order valence-corrected chi connectivity index (χ3v) is 11.6. The molecule has 3 heteroatoms. The van der Waals surface area contributed by atoms with Crippen molar-refractivity contribution in [2.45, 2.75) is 0 Å². The van der Waals surface area contributed by atoms with Crippen LogP contribution in [0.5, 0.6) is 0 Å². The van der Waals surface area contributed by atoms with Crippen LogP contribution in [0.3, 0.4) is 0 Å². The first-order valence-electron chi connectivity index (χ1n) is 11.4. The molecule has 0 unspecified atom stereocenters. The van der Waals surface area contributed by atoms with E-state index in [4.69, 9.17) is 4.98 Å². The van der Waals surface area contributed by atoms with Crippen molar-refractivity contribution in [1.29, 1.82) is 0 Å². The lowest BCUT2D eigenvalue weighted by Crippen LogP contribution is -2.39. The number of para-hydroxylation sites is 1. The van der Waals surface area contributed by atoms with Gasteiger partial charge in [0, 0.05) is 0 Å². The first-order valence-corrected chi connectivity index (χ1v) is 14.0. The quantitative estimate of drug-likeness (QED) is 0.258. The molecule has 0 bridgehead atoms. The van der Waals surface area contributed by atoms with Crippen LogP contribution in [-0.4, -0.2) is 4.98 Å². The maximum atomic E-state index is 5.07. The summed E-state index contributed by atoms with van der Waals surface area (Å²) in [5, 5.41) is 6.46. The van der Waals surface area contributed by atoms with Crippen LogP contribution in [-0.2, 0) is 0 Å². The molecular weight excluding hydrogens is 449 g/mol. The minimum Gasteiger partial charge on any atom is -0.236 e. The van der Waals surface area contributed by atoms with E-state index in [9.17, 15) is 0 Å². The van der Waals surface area contributed by atoms with Crippen LogP contribution < -0.4 is 21.2 Å². The Labute approximate surface area is 204 Å². The van der Waals surface area contributed by atoms with Gasteiger partial charge in [0.05, 0.1) is 15.8 Å². The van der Waals surface area contributed by atoms with E-state index >= 15 is 0 Å². The molecule has 0 aliphatic carbocycles. The summed E-state index contributed by atoms with van der Waals surface area (Å²) in [6, 6.07) is 50.4. The smallest absolute Gasteiger partial charge is 0.145 e. The monoisotopic (exact) mass is 472 g/mol. The van der Waals surface area contributed by atoms with Crippen LogP contribution in [0.2, 0.25) is 0 Å². The number of benzene rings is 5. The molecule has 0 radical (unpaired) electrons. The van der Waals surface area contributed by atoms with Gasteiger partial charge in [-0.3, -0.25) is 0 Å². The summed E-state index contributed by atoms with van der Waals surface area (Å²) in [5.74, 6) is 0. The van der Waals surface area contributed by atoms with Gasteiger partial charge < -0.3 is 0 Å². The van der Waals surface area contributed by atoms with Crippen molar-refractivity contribution in [3.63, 3.8) is 0 Å². The maximum Gasteiger partial charge on any atom is 0.145 e. The largest absolute Gasteiger partial charge is 0.236 e. The summed E-state index contributed by atoms with van der Waals surface area (Å²) >= 11 is 1.77. The summed E-state index contributed by atoms with van der Waals surface area (Å²) in [5.41, 5.74) is 2.27. The van der Waals surface area contributed by atoms with Crippen molar-refractivity contribution in [1.82, 2.24) is 4.98 Å². The second-order valence-electron chi connectivity index (χ2n) is 8.18. The predicted molar refractivity (Wildman–Crippen MR) is 150 cm³/mol. The van der Waals surface area contributed by atoms with Gasteiger partial charge in [0.15, 0.2) is 0 Å². The summed E-state index contributed by atoms with van der Waals surface area (Å²) in [7, 11) is -2.19. The molecule has 5 aromatic carbocycles. The number of fused-ring (bicyclic) bond motifs is 1. The molecule has 162 valence electrons. The van der Waals surface area contributed by atoms with Gasteiger partial charge >= 0.3 is 0 Å². The lowest BCUT2D eigenvalue weighted by atomic mass is 10.2. The van der Waals surface area contributed by atoms with E-state index < -0.39 is 7.26 Å². The fourth-order valence-electron chi connectivity index (χ4n) is 4.75. The second-order valence-corrected chi connectivity index (χ2v) is 12.6. The molecule has 6 aromatic rings. The third kappa shape index (κ3) is 3.47. The summed E-state index contributed by atoms with van der Waals surface area (Å²) in [4.78, 5) is 5.07. The molecule has 0 amide bonds. The Hall–Kier alpha value is -3.58. The number of thiazole rings is 1. The number of rotatable bonds is 5. The molecular formula is C31H23NPS+. The van der Waals surface area contributed by atoms with E-state index in [0.717, 1.165) is 10.5 Å². The Morgan fingerprint density at radius 1 is 0.471 bits per heavy atom. The Morgan fingerprint density at radius 3 is 1.50 bits per heavy atom. The van der Waals surface area contributed by atoms with Gasteiger partial charge in [0.2, 0.25) is 0 Å². The molecule has 1 heterocycles. The molecule has 1 aromatic heterocycles. The van der Waals surface area contributed by atoms with Gasteiger partial charge in [-0.25, -0.2) is 4.98 Å². The first kappa shape index (κ1) is 21.0. The molecule has 0 fully saturated rings. The van der Waals surface area contributed by atoms with Gasteiger partial charge in [-0.15, -0.1) is 11.3 Å². The predicted octanol–water partition coefficient (Wildman–Crippen LogP) is 6.58. The summed E-state index contributed by atoms with van der Waals surface area (Å²) in [6.07, 6.45) is 0. The van der Waals surface area contributed by atoms with E-state index in [2.05, 4.69) is 140 Å². The van der Waals surface area contributed by atoms with Crippen LogP contribution in [0.15, 0.2) is 140 Å². The highest BCUT2D eigenvalue weighted by molar-refractivity contribution is 8.01. The van der Waals surface area contributed by atoms with Crippen LogP contribution in [0.1, 0.15) is 0 Å². The van der Waals surface area contributed by atoms with Crippen molar-refractivity contribution in [2.75, 3.05) is 0 Å². The summed E-state index contributed by atoms with van der Waals surface area (Å²) in [6.45, 7) is 0. The van der Waals surface area contributed by atoms with Crippen molar-refractivity contribution >= 4 is 50.0 Å². The number of nitrogens with zero attached hydrogens (tertiary/aromatic N) is 1. The van der Waals surface area contributed by atoms with Crippen molar-refractivity contribution in [2.24, 2.45) is 0 Å². The molecule has 0 spiro atoms. The minimum absolute atomic E-state index is 1.06. The molecule has 0 aliphatic heterocycles. The standard InChI is InChI=1S/C31H23NPS/c1-4-14-24(15-5-1)33(25-16-6-2-7-17-25,26-18-8-3-9-19-26)29-22-12-10-20-27(29)31-32-28-21-11-13-23-30(28)34-31/h1-23H/q+1. The molecule has 6 rings (SSSR count). The Bertz CT molecular complexity index is 1410. The third-order valence-electron chi connectivity index (χ3n) is 6.22. The van der Waals surface area contributed by atoms with E-state index in [1.807, 2.05) is 0 Å². The number of hydrogen-bond donors (Lipinski definition) is 0. The molecule has 34 heavy (non-hydrogen) atoms. The SMILES string of the molecule is c1ccc([P+](c2ccccc2)(c2ccccc2)c2ccccc2-c2nc3ccccc3s2)cc1. The maximum absolute atomic E-state index is 5.07. The van der Waals surface area contributed by atoms with E-state index in [1.54, 1.807) is 11.3 Å². The topological polar surface area (TPSA) is 12.9 Å². The van der Waals surface area contributed by atoms with E-state index in [1.165, 1.54) is 31.5 Å². The highest BCUT2D eigenvalue weighted by Crippen LogP contribution is 2.56. The molecule has 0 aliphatic rings. The number of hydrogen-bond acceptors (Lipinski definition) is 2. The second kappa shape index (κ2) is 8.99. The normalized spacial score (nSPS) is 11.5. The Balaban J connectivity index is 1.74. The zero-order chi connectivity index (χ0) is 22.8. The van der Waals surface area contributed by atoms with Crippen LogP contribution in [0.25, 0.3) is 20.8 Å². The van der Waals surface area contributed by atoms with E-state index in [-0.39, 0.29) is 0 Å². The van der Waals surface area contributed by atoms with Gasteiger partial charge in [0.1, 0.15) is 33.5 Å². The molecule has 0 saturated carbocycles. The van der Waals surface area contributed by atoms with Crippen molar-refractivity contribution in [3.05, 3.63) is 140 Å². The lowest BCUT2D eigenvalue weighted by Gasteiger charge is -2.28. The van der Waals surface area contributed by atoms with Gasteiger partial charge in [-0.1, -0.05) is 78.9 Å². The molecule has 0 atom stereocenters. The fourth-order valence-corrected chi connectivity index (χ4v) is 10.3. The molecule has 0 saturated heterocycles. The van der Waals surface area contributed by atoms with Gasteiger partial charge in [-0.05, 0) is 60.7 Å². The number of aromatic nitrogens is 1. The minimum atomic E-state index is -2.19. The van der Waals surface area contributed by atoms with E-state index in [0.29, 0.717) is 0 Å². The van der Waals surface area contributed by atoms with Gasteiger partial charge in [-0.2, -0.15) is 0 Å².